The maximum atomic E-state index is 11.5. The van der Waals surface area contributed by atoms with Crippen LogP contribution in [0.5, 0.6) is 0 Å². The molecule has 2 N–H and O–H groups in total. The molecule has 0 aliphatic rings. The fraction of sp³-hybridized carbons (Fsp3) is 0.733. The Kier molecular flexibility index (Phi) is 16.8. The molecule has 0 bridgehead atoms. The van der Waals surface area contributed by atoms with Gasteiger partial charge in [0, 0.05) is 13.1 Å². The number of aliphatic hydroxyl groups excluding tert-OH is 1. The van der Waals surface area contributed by atoms with Crippen molar-refractivity contribution < 1.29 is 49.7 Å². The molecule has 0 aromatic carbocycles. The van der Waals surface area contributed by atoms with Crippen LogP contribution in [0.1, 0.15) is 39.5 Å². The number of unbranched alkanes of at least 4 members (excludes halogenated alkanes) is 2. The summed E-state index contributed by atoms with van der Waals surface area (Å²) >= 11 is 0. The second kappa shape index (κ2) is 15.5. The van der Waals surface area contributed by atoms with E-state index in [4.69, 9.17) is 5.11 Å². The van der Waals surface area contributed by atoms with Gasteiger partial charge in [-0.15, -0.1) is 0 Å². The molecule has 0 aliphatic heterocycles. The summed E-state index contributed by atoms with van der Waals surface area (Å²) in [6, 6.07) is 0. The van der Waals surface area contributed by atoms with E-state index in [1.807, 2.05) is 12.2 Å². The summed E-state index contributed by atoms with van der Waals surface area (Å²) in [5.41, 5.74) is 0. The van der Waals surface area contributed by atoms with Crippen molar-refractivity contribution in [3.8, 4) is 0 Å². The van der Waals surface area contributed by atoms with Crippen molar-refractivity contribution in [2.24, 2.45) is 4.99 Å². The van der Waals surface area contributed by atoms with E-state index in [9.17, 15) is 15.0 Å². The Morgan fingerprint density at radius 1 is 1.41 bits per heavy atom. The van der Waals surface area contributed by atoms with Crippen LogP contribution in [0.4, 0.5) is 0 Å². The third-order valence-corrected chi connectivity index (χ3v) is 2.77. The molecular weight excluding hydrogens is 295 g/mol. The first-order valence-electron chi connectivity index (χ1n) is 7.43. The number of aliphatic imine (C=N–C) groups is 1. The predicted molar refractivity (Wildman–Crippen MR) is 81.3 cm³/mol. The maximum Gasteiger partial charge on any atom is 1.00 e. The van der Waals surface area contributed by atoms with Crippen molar-refractivity contribution in [1.29, 1.82) is 0 Å². The Hall–Kier alpha value is -0.400. The molecule has 0 fully saturated rings. The van der Waals surface area contributed by atoms with E-state index in [1.54, 1.807) is 11.8 Å². The smallest absolute Gasteiger partial charge is 0.862 e. The Morgan fingerprint density at radius 2 is 2.09 bits per heavy atom. The number of carboxylic acid groups (broad SMARTS) is 1. The average molecular weight is 322 g/mol. The molecule has 0 amide bonds. The van der Waals surface area contributed by atoms with Crippen LogP contribution >= 0.6 is 0 Å². The number of aliphatic carboxylic acids is 1. The summed E-state index contributed by atoms with van der Waals surface area (Å²) in [6.45, 7) is 4.41. The number of allylic oxidation sites excluding steroid dienone is 1. The molecule has 0 rings (SSSR count). The quantitative estimate of drug-likeness (QED) is 0.138. The molecule has 22 heavy (non-hydrogen) atoms. The molecule has 0 saturated carbocycles. The summed E-state index contributed by atoms with van der Waals surface area (Å²) < 4.78 is 0. The molecule has 0 radical (unpaired) electrons. The van der Waals surface area contributed by atoms with Crippen molar-refractivity contribution in [2.45, 2.75) is 45.6 Å². The summed E-state index contributed by atoms with van der Waals surface area (Å²) in [4.78, 5) is 16.1. The van der Waals surface area contributed by atoms with Crippen LogP contribution in [-0.2, 0) is 4.79 Å². The molecule has 0 heterocycles. The Labute approximate surface area is 155 Å². The molecule has 0 aromatic rings. The first-order valence-corrected chi connectivity index (χ1v) is 7.43. The summed E-state index contributed by atoms with van der Waals surface area (Å²) in [6.07, 6.45) is 6.72. The van der Waals surface area contributed by atoms with Gasteiger partial charge in [0.15, 0.2) is 0 Å². The SMILES string of the molecule is CCCC/C=C/CC([O-])=NCCN(CC(=O)O)CC(C)O.[Na+]. The number of carboxylic acids is 1. The molecule has 6 nitrogen and oxygen atoms in total. The molecule has 0 aromatic heterocycles. The van der Waals surface area contributed by atoms with Crippen LogP contribution in [0, 0.1) is 0 Å². The van der Waals surface area contributed by atoms with Gasteiger partial charge in [0.1, 0.15) is 0 Å². The van der Waals surface area contributed by atoms with Gasteiger partial charge in [-0.1, -0.05) is 31.9 Å². The van der Waals surface area contributed by atoms with E-state index in [0.29, 0.717) is 13.0 Å². The fourth-order valence-corrected chi connectivity index (χ4v) is 1.80. The molecule has 1 unspecified atom stereocenters. The van der Waals surface area contributed by atoms with Gasteiger partial charge in [-0.05, 0) is 25.7 Å². The zero-order valence-corrected chi connectivity index (χ0v) is 16.0. The van der Waals surface area contributed by atoms with Gasteiger partial charge in [0.05, 0.1) is 19.2 Å². The van der Waals surface area contributed by atoms with Crippen LogP contribution in [0.15, 0.2) is 17.1 Å². The molecule has 0 aliphatic carbocycles. The number of carbonyl (C=O) groups is 1. The van der Waals surface area contributed by atoms with Gasteiger partial charge in [-0.3, -0.25) is 9.69 Å². The van der Waals surface area contributed by atoms with Gasteiger partial charge < -0.3 is 20.3 Å². The zero-order valence-electron chi connectivity index (χ0n) is 14.0. The maximum absolute atomic E-state index is 11.5. The number of rotatable bonds is 12. The molecule has 122 valence electrons. The van der Waals surface area contributed by atoms with Crippen LogP contribution < -0.4 is 34.7 Å². The van der Waals surface area contributed by atoms with Crippen molar-refractivity contribution in [1.82, 2.24) is 4.90 Å². The first-order chi connectivity index (χ1) is 9.95. The monoisotopic (exact) mass is 322 g/mol. The summed E-state index contributed by atoms with van der Waals surface area (Å²) in [5.74, 6) is -1.16. The van der Waals surface area contributed by atoms with Crippen molar-refractivity contribution in [3.05, 3.63) is 12.2 Å². The largest absolute Gasteiger partial charge is 1.00 e. The standard InChI is InChI=1S/C15H28N2O4.Na/c1-3-4-5-6-7-8-14(19)16-9-10-17(11-13(2)18)12-15(20)21;/h6-7,13,18H,3-5,8-12H2,1-2H3,(H,16,19)(H,20,21);/q;+1/p-1/b7-6+;. The topological polar surface area (TPSA) is 96.2 Å². The Bertz CT molecular complexity index is 346. The zero-order chi connectivity index (χ0) is 16.1. The number of nitrogens with zero attached hydrogens (tertiary/aromatic N) is 2. The van der Waals surface area contributed by atoms with Crippen LogP contribution in [0.2, 0.25) is 0 Å². The van der Waals surface area contributed by atoms with Gasteiger partial charge in [0.2, 0.25) is 0 Å². The third kappa shape index (κ3) is 16.0. The van der Waals surface area contributed by atoms with Crippen LogP contribution in [-0.4, -0.2) is 59.3 Å². The Balaban J connectivity index is 0. The second-order valence-corrected chi connectivity index (χ2v) is 5.07. The number of hydrogen-bond acceptors (Lipinski definition) is 5. The van der Waals surface area contributed by atoms with Crippen molar-refractivity contribution >= 4 is 11.9 Å². The van der Waals surface area contributed by atoms with Crippen LogP contribution in [0.3, 0.4) is 0 Å². The molecule has 1 atom stereocenters. The van der Waals surface area contributed by atoms with Gasteiger partial charge in [-0.2, -0.15) is 0 Å². The van der Waals surface area contributed by atoms with Gasteiger partial charge in [0.25, 0.3) is 0 Å². The van der Waals surface area contributed by atoms with Gasteiger partial charge in [-0.25, -0.2) is 0 Å². The average Bonchev–Trinajstić information content (AvgIpc) is 2.37. The second-order valence-electron chi connectivity index (χ2n) is 5.07. The predicted octanol–water partition coefficient (Wildman–Crippen LogP) is -2.35. The minimum absolute atomic E-state index is 0. The summed E-state index contributed by atoms with van der Waals surface area (Å²) in [5, 5.41) is 29.6. The minimum atomic E-state index is -0.958. The third-order valence-electron chi connectivity index (χ3n) is 2.77. The van der Waals surface area contributed by atoms with Crippen molar-refractivity contribution in [2.75, 3.05) is 26.2 Å². The summed E-state index contributed by atoms with van der Waals surface area (Å²) in [7, 11) is 0. The first kappa shape index (κ1) is 23.9. The van der Waals surface area contributed by atoms with E-state index < -0.39 is 12.1 Å². The number of hydrogen-bond donors (Lipinski definition) is 2. The van der Waals surface area contributed by atoms with E-state index in [2.05, 4.69) is 11.9 Å². The van der Waals surface area contributed by atoms with Gasteiger partial charge >= 0.3 is 35.5 Å². The molecule has 0 spiro atoms. The number of aliphatic hydroxyl groups is 1. The van der Waals surface area contributed by atoms with E-state index in [-0.39, 0.29) is 55.1 Å². The van der Waals surface area contributed by atoms with Crippen molar-refractivity contribution in [3.63, 3.8) is 0 Å². The fourth-order valence-electron chi connectivity index (χ4n) is 1.80. The van der Waals surface area contributed by atoms with E-state index in [1.165, 1.54) is 0 Å². The molecule has 7 heteroatoms. The van der Waals surface area contributed by atoms with E-state index in [0.717, 1.165) is 19.3 Å². The molecule has 0 saturated heterocycles. The normalized spacial score (nSPS) is 13.4. The van der Waals surface area contributed by atoms with E-state index >= 15 is 0 Å². The molecular formula is C15H27N2NaO4. The Morgan fingerprint density at radius 3 is 2.64 bits per heavy atom. The minimum Gasteiger partial charge on any atom is -0.862 e. The van der Waals surface area contributed by atoms with Crippen LogP contribution in [0.25, 0.3) is 0 Å².